The van der Waals surface area contributed by atoms with Crippen LogP contribution in [0.4, 0.5) is 5.00 Å². The van der Waals surface area contributed by atoms with Crippen LogP contribution in [0.1, 0.15) is 49.4 Å². The number of nitrogens with one attached hydrogen (secondary N) is 1. The largest absolute Gasteiger partial charge is 0.452 e. The van der Waals surface area contributed by atoms with Crippen LogP contribution in [-0.2, 0) is 23.9 Å². The summed E-state index contributed by atoms with van der Waals surface area (Å²) >= 11 is 1.12. The average molecular weight is 421 g/mol. The van der Waals surface area contributed by atoms with E-state index in [2.05, 4.69) is 5.32 Å². The van der Waals surface area contributed by atoms with Crippen molar-refractivity contribution in [1.82, 2.24) is 4.90 Å². The van der Waals surface area contributed by atoms with E-state index in [0.717, 1.165) is 29.1 Å². The maximum absolute atomic E-state index is 12.4. The van der Waals surface area contributed by atoms with Crippen molar-refractivity contribution >= 4 is 45.9 Å². The number of hydrogen-bond donors (Lipinski definition) is 2. The molecule has 0 unspecified atom stereocenters. The fourth-order valence-electron chi connectivity index (χ4n) is 3.78. The van der Waals surface area contributed by atoms with E-state index in [9.17, 15) is 24.0 Å². The first-order chi connectivity index (χ1) is 13.8. The lowest BCUT2D eigenvalue weighted by Gasteiger charge is -2.19. The van der Waals surface area contributed by atoms with Gasteiger partial charge in [0.25, 0.3) is 11.8 Å². The number of thiophene rings is 1. The van der Waals surface area contributed by atoms with Crippen molar-refractivity contribution in [3.05, 3.63) is 17.0 Å². The molecule has 9 nitrogen and oxygen atoms in total. The topological polar surface area (TPSA) is 136 Å². The summed E-state index contributed by atoms with van der Waals surface area (Å²) in [6.07, 6.45) is 2.00. The zero-order valence-electron chi connectivity index (χ0n) is 16.0. The summed E-state index contributed by atoms with van der Waals surface area (Å²) in [5, 5.41) is 4.39. The second kappa shape index (κ2) is 8.73. The minimum Gasteiger partial charge on any atom is -0.452 e. The third-order valence-corrected chi connectivity index (χ3v) is 6.15. The Morgan fingerprint density at radius 2 is 1.86 bits per heavy atom. The number of amides is 4. The van der Waals surface area contributed by atoms with Gasteiger partial charge in [-0.1, -0.05) is 12.8 Å². The first-order valence-electron chi connectivity index (χ1n) is 9.52. The quantitative estimate of drug-likeness (QED) is 0.503. The number of ether oxygens (including phenoxy) is 1. The number of fused-ring (bicyclic) bond motifs is 1. The molecule has 1 aromatic heterocycles. The van der Waals surface area contributed by atoms with E-state index in [1.165, 1.54) is 13.0 Å². The normalized spacial score (nSPS) is 22.2. The van der Waals surface area contributed by atoms with Gasteiger partial charge in [0.1, 0.15) is 5.00 Å². The van der Waals surface area contributed by atoms with Crippen molar-refractivity contribution in [3.63, 3.8) is 0 Å². The minimum absolute atomic E-state index is 0.0470. The van der Waals surface area contributed by atoms with Crippen molar-refractivity contribution in [2.45, 2.75) is 45.1 Å². The van der Waals surface area contributed by atoms with Crippen LogP contribution in [-0.4, -0.2) is 47.1 Å². The molecule has 0 spiro atoms. The number of esters is 1. The predicted molar refractivity (Wildman–Crippen MR) is 104 cm³/mol. The van der Waals surface area contributed by atoms with Gasteiger partial charge < -0.3 is 15.8 Å². The SMILES string of the molecule is C[C@@H](OC(=O)CCN1C(=O)[C@H]2CCCC[C@@H]2C1=O)C(=O)Nc1sccc1C(N)=O. The molecule has 1 saturated carbocycles. The number of imide groups is 1. The number of carbonyl (C=O) groups excluding carboxylic acids is 5. The fraction of sp³-hybridized carbons (Fsp3) is 0.526. The van der Waals surface area contributed by atoms with Gasteiger partial charge in [-0.3, -0.25) is 28.9 Å². The first kappa shape index (κ1) is 21.0. The second-order valence-electron chi connectivity index (χ2n) is 7.22. The Kier molecular flexibility index (Phi) is 6.31. The van der Waals surface area contributed by atoms with Crippen molar-refractivity contribution in [2.24, 2.45) is 17.6 Å². The van der Waals surface area contributed by atoms with Gasteiger partial charge in [0, 0.05) is 6.54 Å². The smallest absolute Gasteiger partial charge is 0.308 e. The van der Waals surface area contributed by atoms with E-state index in [1.807, 2.05) is 0 Å². The van der Waals surface area contributed by atoms with E-state index in [-0.39, 0.29) is 47.2 Å². The van der Waals surface area contributed by atoms with Crippen LogP contribution in [0, 0.1) is 11.8 Å². The minimum atomic E-state index is -1.11. The van der Waals surface area contributed by atoms with Crippen LogP contribution in [0.25, 0.3) is 0 Å². The summed E-state index contributed by atoms with van der Waals surface area (Å²) < 4.78 is 5.10. The highest BCUT2D eigenvalue weighted by molar-refractivity contribution is 7.14. The molecule has 1 saturated heterocycles. The van der Waals surface area contributed by atoms with E-state index >= 15 is 0 Å². The third kappa shape index (κ3) is 4.47. The molecule has 29 heavy (non-hydrogen) atoms. The Morgan fingerprint density at radius 1 is 1.24 bits per heavy atom. The summed E-state index contributed by atoms with van der Waals surface area (Å²) in [7, 11) is 0. The summed E-state index contributed by atoms with van der Waals surface area (Å²) in [5.41, 5.74) is 5.40. The number of carbonyl (C=O) groups is 5. The summed E-state index contributed by atoms with van der Waals surface area (Å²) in [6, 6.07) is 1.49. The number of primary amides is 1. The van der Waals surface area contributed by atoms with Crippen molar-refractivity contribution < 1.29 is 28.7 Å². The lowest BCUT2D eigenvalue weighted by molar-refractivity contribution is -0.154. The Balaban J connectivity index is 1.49. The number of anilines is 1. The van der Waals surface area contributed by atoms with E-state index in [4.69, 9.17) is 10.5 Å². The second-order valence-corrected chi connectivity index (χ2v) is 8.14. The monoisotopic (exact) mass is 421 g/mol. The zero-order chi connectivity index (χ0) is 21.1. The molecule has 3 rings (SSSR count). The maximum atomic E-state index is 12.4. The molecule has 0 aromatic carbocycles. The van der Waals surface area contributed by atoms with Crippen LogP contribution >= 0.6 is 11.3 Å². The Bertz CT molecular complexity index is 827. The maximum Gasteiger partial charge on any atom is 0.308 e. The van der Waals surface area contributed by atoms with Crippen LogP contribution < -0.4 is 11.1 Å². The Morgan fingerprint density at radius 3 is 2.45 bits per heavy atom. The molecular weight excluding hydrogens is 398 g/mol. The van der Waals surface area contributed by atoms with Crippen LogP contribution in [0.3, 0.4) is 0 Å². The number of likely N-dealkylation sites (tertiary alicyclic amines) is 1. The van der Waals surface area contributed by atoms with Gasteiger partial charge >= 0.3 is 5.97 Å². The van der Waals surface area contributed by atoms with Crippen molar-refractivity contribution in [1.29, 1.82) is 0 Å². The van der Waals surface area contributed by atoms with Gasteiger partial charge in [0.15, 0.2) is 6.10 Å². The molecule has 0 bridgehead atoms. The molecule has 3 atom stereocenters. The Labute approximate surface area is 171 Å². The lowest BCUT2D eigenvalue weighted by Crippen LogP contribution is -2.35. The third-order valence-electron chi connectivity index (χ3n) is 5.32. The highest BCUT2D eigenvalue weighted by Gasteiger charge is 2.47. The van der Waals surface area contributed by atoms with E-state index in [0.29, 0.717) is 12.8 Å². The number of rotatable bonds is 7. The van der Waals surface area contributed by atoms with Crippen molar-refractivity contribution in [3.8, 4) is 0 Å². The van der Waals surface area contributed by atoms with E-state index < -0.39 is 23.9 Å². The average Bonchev–Trinajstić information content (AvgIpc) is 3.24. The van der Waals surface area contributed by atoms with Gasteiger partial charge in [-0.2, -0.15) is 0 Å². The summed E-state index contributed by atoms with van der Waals surface area (Å²) in [4.78, 5) is 61.6. The molecule has 1 aromatic rings. The van der Waals surface area contributed by atoms with Crippen LogP contribution in [0.2, 0.25) is 0 Å². The predicted octanol–water partition coefficient (Wildman–Crippen LogP) is 1.28. The molecule has 1 aliphatic heterocycles. The number of nitrogens with zero attached hydrogens (tertiary/aromatic N) is 1. The van der Waals surface area contributed by atoms with Gasteiger partial charge in [-0.15, -0.1) is 11.3 Å². The molecule has 2 aliphatic rings. The van der Waals surface area contributed by atoms with Gasteiger partial charge in [-0.05, 0) is 31.2 Å². The molecule has 2 fully saturated rings. The van der Waals surface area contributed by atoms with Crippen LogP contribution in [0.5, 0.6) is 0 Å². The number of hydrogen-bond acceptors (Lipinski definition) is 7. The summed E-state index contributed by atoms with van der Waals surface area (Å²) in [5.74, 6) is -2.92. The first-order valence-corrected chi connectivity index (χ1v) is 10.4. The lowest BCUT2D eigenvalue weighted by atomic mass is 9.81. The summed E-state index contributed by atoms with van der Waals surface area (Å²) in [6.45, 7) is 1.35. The molecule has 2 heterocycles. The van der Waals surface area contributed by atoms with Gasteiger partial charge in [0.2, 0.25) is 11.8 Å². The number of nitrogens with two attached hydrogens (primary N) is 1. The molecule has 0 radical (unpaired) electrons. The molecule has 156 valence electrons. The highest BCUT2D eigenvalue weighted by atomic mass is 32.1. The molecule has 3 N–H and O–H groups in total. The highest BCUT2D eigenvalue weighted by Crippen LogP contribution is 2.38. The van der Waals surface area contributed by atoms with Gasteiger partial charge in [-0.25, -0.2) is 0 Å². The molecular formula is C19H23N3O6S. The van der Waals surface area contributed by atoms with Crippen molar-refractivity contribution in [2.75, 3.05) is 11.9 Å². The molecule has 4 amide bonds. The fourth-order valence-corrected chi connectivity index (χ4v) is 4.57. The van der Waals surface area contributed by atoms with Gasteiger partial charge in [0.05, 0.1) is 23.8 Å². The zero-order valence-corrected chi connectivity index (χ0v) is 16.8. The Hall–Kier alpha value is -2.75. The van der Waals surface area contributed by atoms with E-state index in [1.54, 1.807) is 5.38 Å². The molecule has 10 heteroatoms. The standard InChI is InChI=1S/C19H23N3O6S/c1-10(16(25)21-17-13(15(20)24)7-9-29-17)28-14(23)6-8-22-18(26)11-4-2-3-5-12(11)19(22)27/h7,9-12H,2-6,8H2,1H3,(H2,20,24)(H,21,25)/t10-,11+,12+/m1/s1. The molecule has 1 aliphatic carbocycles. The van der Waals surface area contributed by atoms with Crippen LogP contribution in [0.15, 0.2) is 11.4 Å².